The number of hydrogen-bond acceptors (Lipinski definition) is 7. The number of rotatable bonds is 5. The number of methoxy groups -OCH3 is 2. The van der Waals surface area contributed by atoms with Crippen molar-refractivity contribution in [2.24, 2.45) is 0 Å². The Morgan fingerprint density at radius 2 is 1.83 bits per heavy atom. The summed E-state index contributed by atoms with van der Waals surface area (Å²) in [5.74, 6) is 2.79. The molecule has 2 amide bonds. The molecule has 3 aromatic rings. The largest absolute Gasteiger partial charge is 0.497 e. The molecule has 3 heterocycles. The Kier molecular flexibility index (Phi) is 5.64. The Morgan fingerprint density at radius 3 is 2.53 bits per heavy atom. The number of carbonyl (C=O) groups excluding carboxylic acids is 1. The quantitative estimate of drug-likeness (QED) is 0.689. The van der Waals surface area contributed by atoms with Gasteiger partial charge in [-0.15, -0.1) is 0 Å². The number of imidazole rings is 1. The average Bonchev–Trinajstić information content (AvgIpc) is 3.34. The Bertz CT molecular complexity index is 1000. The van der Waals surface area contributed by atoms with Crippen LogP contribution in [0.4, 0.5) is 16.3 Å². The van der Waals surface area contributed by atoms with E-state index in [4.69, 9.17) is 9.47 Å². The molecular formula is C20H23N7O3. The van der Waals surface area contributed by atoms with E-state index in [9.17, 15) is 4.79 Å². The maximum absolute atomic E-state index is 12.7. The summed E-state index contributed by atoms with van der Waals surface area (Å²) < 4.78 is 12.4. The smallest absolute Gasteiger partial charge is 0.322 e. The van der Waals surface area contributed by atoms with Crippen molar-refractivity contribution in [2.75, 3.05) is 50.6 Å². The van der Waals surface area contributed by atoms with E-state index in [1.165, 1.54) is 0 Å². The third-order valence-corrected chi connectivity index (χ3v) is 4.95. The maximum atomic E-state index is 12.7. The first kappa shape index (κ1) is 19.5. The number of piperazine rings is 1. The van der Waals surface area contributed by atoms with Crippen LogP contribution in [0.25, 0.3) is 5.82 Å². The standard InChI is InChI=1S/C20H23N7O3/c1-29-15-3-4-16(17(11-15)30-2)24-20(28)26-9-7-25(8-10-26)18-12-19(23-13-22-18)27-6-5-21-14-27/h3-6,11-14H,7-10H2,1-2H3,(H,24,28). The summed E-state index contributed by atoms with van der Waals surface area (Å²) in [7, 11) is 3.14. The molecule has 156 valence electrons. The van der Waals surface area contributed by atoms with Gasteiger partial charge in [0.25, 0.3) is 0 Å². The summed E-state index contributed by atoms with van der Waals surface area (Å²) in [4.78, 5) is 29.3. The SMILES string of the molecule is COc1ccc(NC(=O)N2CCN(c3cc(-n4ccnc4)ncn3)CC2)c(OC)c1. The van der Waals surface area contributed by atoms with E-state index in [2.05, 4.69) is 25.2 Å². The van der Waals surface area contributed by atoms with Crippen LogP contribution in [-0.2, 0) is 0 Å². The van der Waals surface area contributed by atoms with Gasteiger partial charge in [-0.2, -0.15) is 0 Å². The van der Waals surface area contributed by atoms with Crippen LogP contribution in [0.2, 0.25) is 0 Å². The van der Waals surface area contributed by atoms with Crippen molar-refractivity contribution in [3.63, 3.8) is 0 Å². The third-order valence-electron chi connectivity index (χ3n) is 4.95. The minimum absolute atomic E-state index is 0.167. The van der Waals surface area contributed by atoms with Crippen molar-refractivity contribution in [3.05, 3.63) is 49.3 Å². The molecule has 10 heteroatoms. The Labute approximate surface area is 174 Å². The zero-order chi connectivity index (χ0) is 20.9. The van der Waals surface area contributed by atoms with Crippen molar-refractivity contribution in [2.45, 2.75) is 0 Å². The van der Waals surface area contributed by atoms with E-state index >= 15 is 0 Å². The van der Waals surface area contributed by atoms with Crippen LogP contribution < -0.4 is 19.7 Å². The molecule has 30 heavy (non-hydrogen) atoms. The molecule has 0 radical (unpaired) electrons. The van der Waals surface area contributed by atoms with Crippen LogP contribution in [0.5, 0.6) is 11.5 Å². The summed E-state index contributed by atoms with van der Waals surface area (Å²) in [6.07, 6.45) is 6.78. The molecule has 0 atom stereocenters. The van der Waals surface area contributed by atoms with Crippen molar-refractivity contribution < 1.29 is 14.3 Å². The number of aromatic nitrogens is 4. The predicted octanol–water partition coefficient (Wildman–Crippen LogP) is 2.03. The number of urea groups is 1. The van der Waals surface area contributed by atoms with Gasteiger partial charge < -0.3 is 24.6 Å². The van der Waals surface area contributed by atoms with Gasteiger partial charge in [-0.1, -0.05) is 0 Å². The highest BCUT2D eigenvalue weighted by atomic mass is 16.5. The fourth-order valence-corrected chi connectivity index (χ4v) is 3.28. The lowest BCUT2D eigenvalue weighted by atomic mass is 10.2. The van der Waals surface area contributed by atoms with Crippen molar-refractivity contribution in [1.82, 2.24) is 24.4 Å². The van der Waals surface area contributed by atoms with E-state index in [1.54, 1.807) is 56.2 Å². The van der Waals surface area contributed by atoms with Crippen molar-refractivity contribution in [1.29, 1.82) is 0 Å². The van der Waals surface area contributed by atoms with Gasteiger partial charge >= 0.3 is 6.03 Å². The molecule has 0 unspecified atom stereocenters. The fourth-order valence-electron chi connectivity index (χ4n) is 3.28. The van der Waals surface area contributed by atoms with Gasteiger partial charge in [-0.3, -0.25) is 4.57 Å². The molecule has 1 aromatic carbocycles. The number of nitrogens with zero attached hydrogens (tertiary/aromatic N) is 6. The topological polar surface area (TPSA) is 97.6 Å². The Balaban J connectivity index is 1.38. The van der Waals surface area contributed by atoms with Gasteiger partial charge in [-0.25, -0.2) is 19.7 Å². The molecule has 1 N–H and O–H groups in total. The zero-order valence-corrected chi connectivity index (χ0v) is 16.9. The highest BCUT2D eigenvalue weighted by Crippen LogP contribution is 2.29. The molecule has 0 saturated carbocycles. The number of benzene rings is 1. The van der Waals surface area contributed by atoms with E-state index in [0.29, 0.717) is 43.4 Å². The summed E-state index contributed by atoms with van der Waals surface area (Å²) >= 11 is 0. The molecule has 0 bridgehead atoms. The number of hydrogen-bond donors (Lipinski definition) is 1. The second kappa shape index (κ2) is 8.68. The number of anilines is 2. The lowest BCUT2D eigenvalue weighted by Crippen LogP contribution is -2.50. The molecule has 1 fully saturated rings. The van der Waals surface area contributed by atoms with Gasteiger partial charge in [0.2, 0.25) is 0 Å². The molecule has 1 saturated heterocycles. The highest BCUT2D eigenvalue weighted by molar-refractivity contribution is 5.91. The van der Waals surface area contributed by atoms with E-state index in [-0.39, 0.29) is 6.03 Å². The maximum Gasteiger partial charge on any atom is 0.322 e. The van der Waals surface area contributed by atoms with E-state index < -0.39 is 0 Å². The normalized spacial score (nSPS) is 13.8. The van der Waals surface area contributed by atoms with Gasteiger partial charge in [0.15, 0.2) is 0 Å². The second-order valence-corrected chi connectivity index (χ2v) is 6.67. The van der Waals surface area contributed by atoms with Crippen LogP contribution in [0.1, 0.15) is 0 Å². The van der Waals surface area contributed by atoms with Gasteiger partial charge in [0.1, 0.15) is 35.8 Å². The predicted molar refractivity (Wildman–Crippen MR) is 112 cm³/mol. The molecule has 2 aromatic heterocycles. The number of ether oxygens (including phenoxy) is 2. The number of amides is 2. The summed E-state index contributed by atoms with van der Waals surface area (Å²) in [6, 6.07) is 7.04. The summed E-state index contributed by atoms with van der Waals surface area (Å²) in [6.45, 7) is 2.50. The first-order valence-electron chi connectivity index (χ1n) is 9.51. The molecule has 1 aliphatic heterocycles. The van der Waals surface area contributed by atoms with Gasteiger partial charge in [0.05, 0.1) is 19.9 Å². The molecule has 1 aliphatic rings. The minimum atomic E-state index is -0.167. The highest BCUT2D eigenvalue weighted by Gasteiger charge is 2.23. The van der Waals surface area contributed by atoms with Crippen LogP contribution in [0.3, 0.4) is 0 Å². The van der Waals surface area contributed by atoms with Gasteiger partial charge in [-0.05, 0) is 12.1 Å². The first-order chi connectivity index (χ1) is 14.7. The second-order valence-electron chi connectivity index (χ2n) is 6.67. The van der Waals surface area contributed by atoms with E-state index in [1.807, 2.05) is 16.8 Å². The molecule has 0 spiro atoms. The first-order valence-corrected chi connectivity index (χ1v) is 9.51. The van der Waals surface area contributed by atoms with Crippen LogP contribution >= 0.6 is 0 Å². The van der Waals surface area contributed by atoms with Crippen LogP contribution in [0, 0.1) is 0 Å². The lowest BCUT2D eigenvalue weighted by Gasteiger charge is -2.35. The van der Waals surface area contributed by atoms with E-state index in [0.717, 1.165) is 11.6 Å². The third kappa shape index (κ3) is 4.12. The Hall–Kier alpha value is -3.82. The molecule has 0 aliphatic carbocycles. The molecule has 10 nitrogen and oxygen atoms in total. The average molecular weight is 409 g/mol. The minimum Gasteiger partial charge on any atom is -0.497 e. The van der Waals surface area contributed by atoms with Crippen LogP contribution in [0.15, 0.2) is 49.3 Å². The summed E-state index contributed by atoms with van der Waals surface area (Å²) in [5, 5.41) is 2.92. The molecule has 4 rings (SSSR count). The van der Waals surface area contributed by atoms with Gasteiger partial charge in [0, 0.05) is 50.7 Å². The summed E-state index contributed by atoms with van der Waals surface area (Å²) in [5.41, 5.74) is 0.603. The zero-order valence-electron chi connectivity index (χ0n) is 16.9. The monoisotopic (exact) mass is 409 g/mol. The fraction of sp³-hybridized carbons (Fsp3) is 0.300. The molecular weight excluding hydrogens is 386 g/mol. The van der Waals surface area contributed by atoms with Crippen LogP contribution in [-0.4, -0.2) is 70.8 Å². The lowest BCUT2D eigenvalue weighted by molar-refractivity contribution is 0.208. The van der Waals surface area contributed by atoms with Crippen molar-refractivity contribution >= 4 is 17.5 Å². The Morgan fingerprint density at radius 1 is 1.03 bits per heavy atom. The number of carbonyl (C=O) groups is 1. The number of nitrogens with one attached hydrogen (secondary N) is 1. The van der Waals surface area contributed by atoms with Crippen molar-refractivity contribution in [3.8, 4) is 17.3 Å².